The highest BCUT2D eigenvalue weighted by atomic mass is 19.1. The number of alkyl halides is 1. The van der Waals surface area contributed by atoms with Crippen molar-refractivity contribution in [1.29, 1.82) is 0 Å². The van der Waals surface area contributed by atoms with E-state index >= 15 is 0 Å². The van der Waals surface area contributed by atoms with Crippen LogP contribution in [0.15, 0.2) is 0 Å². The van der Waals surface area contributed by atoms with Gasteiger partial charge in [0.05, 0.1) is 0 Å². The molecule has 0 aromatic carbocycles. The molecule has 0 amide bonds. The van der Waals surface area contributed by atoms with Crippen LogP contribution in [0.25, 0.3) is 0 Å². The van der Waals surface area contributed by atoms with E-state index in [1.807, 2.05) is 0 Å². The van der Waals surface area contributed by atoms with E-state index in [1.54, 1.807) is 0 Å². The molecule has 2 aliphatic heterocycles. The van der Waals surface area contributed by atoms with Crippen LogP contribution in [0.3, 0.4) is 0 Å². The normalized spacial score (nSPS) is 36.5. The number of nitrogens with zero attached hydrogens (tertiary/aromatic N) is 2. The van der Waals surface area contributed by atoms with Gasteiger partial charge in [-0.25, -0.2) is 4.39 Å². The minimum Gasteiger partial charge on any atom is -0.305 e. The van der Waals surface area contributed by atoms with Crippen molar-refractivity contribution < 1.29 is 4.39 Å². The average Bonchev–Trinajstić information content (AvgIpc) is 2.49. The minimum atomic E-state index is -0.188. The maximum atomic E-state index is 12.2. The maximum absolute atomic E-state index is 12.2. The van der Waals surface area contributed by atoms with Crippen LogP contribution in [-0.2, 0) is 0 Å². The highest BCUT2D eigenvalue weighted by molar-refractivity contribution is 4.91. The van der Waals surface area contributed by atoms with Gasteiger partial charge in [-0.2, -0.15) is 0 Å². The Balaban J connectivity index is 1.94. The summed E-state index contributed by atoms with van der Waals surface area (Å²) in [5, 5.41) is 0. The highest BCUT2D eigenvalue weighted by Crippen LogP contribution is 2.30. The summed E-state index contributed by atoms with van der Waals surface area (Å²) in [4.78, 5) is 4.71. The Kier molecular flexibility index (Phi) is 2.84. The minimum absolute atomic E-state index is 0.188. The van der Waals surface area contributed by atoms with E-state index < -0.39 is 0 Å². The van der Waals surface area contributed by atoms with E-state index in [2.05, 4.69) is 16.8 Å². The molecule has 0 radical (unpaired) electrons. The summed E-state index contributed by atoms with van der Waals surface area (Å²) in [7, 11) is 2.17. The molecule has 2 atom stereocenters. The molecular weight excluding hydrogens is 167 g/mol. The third kappa shape index (κ3) is 1.86. The van der Waals surface area contributed by atoms with Gasteiger partial charge in [0.1, 0.15) is 6.67 Å². The van der Waals surface area contributed by atoms with Crippen molar-refractivity contribution in [3.8, 4) is 0 Å². The van der Waals surface area contributed by atoms with Gasteiger partial charge in [0.25, 0.3) is 0 Å². The first-order valence-electron chi connectivity index (χ1n) is 5.30. The summed E-state index contributed by atoms with van der Waals surface area (Å²) in [6, 6.07) is 0.648. The molecule has 2 unspecified atom stereocenters. The zero-order chi connectivity index (χ0) is 9.26. The van der Waals surface area contributed by atoms with Gasteiger partial charge in [0.2, 0.25) is 0 Å². The molecule has 76 valence electrons. The monoisotopic (exact) mass is 186 g/mol. The van der Waals surface area contributed by atoms with Gasteiger partial charge in [-0.15, -0.1) is 0 Å². The van der Waals surface area contributed by atoms with Crippen molar-refractivity contribution in [3.05, 3.63) is 0 Å². The number of rotatable bonds is 2. The van der Waals surface area contributed by atoms with Crippen LogP contribution >= 0.6 is 0 Å². The molecule has 0 N–H and O–H groups in total. The SMILES string of the molecule is CN1CCC2CCN(CCF)C2C1. The standard InChI is InChI=1S/C10H19FN2/c1-12-5-2-9-3-6-13(7-4-11)10(9)8-12/h9-10H,2-8H2,1H3. The van der Waals surface area contributed by atoms with Gasteiger partial charge in [0.15, 0.2) is 0 Å². The van der Waals surface area contributed by atoms with E-state index in [-0.39, 0.29) is 6.67 Å². The fraction of sp³-hybridized carbons (Fsp3) is 1.00. The molecule has 2 rings (SSSR count). The molecule has 2 saturated heterocycles. The first-order chi connectivity index (χ1) is 6.31. The Labute approximate surface area is 79.7 Å². The number of likely N-dealkylation sites (tertiary alicyclic amines) is 2. The molecule has 0 aliphatic carbocycles. The summed E-state index contributed by atoms with van der Waals surface area (Å²) in [6.45, 7) is 3.95. The van der Waals surface area contributed by atoms with E-state index in [0.29, 0.717) is 12.6 Å². The number of likely N-dealkylation sites (N-methyl/N-ethyl adjacent to an activating group) is 1. The molecule has 0 bridgehead atoms. The molecular formula is C10H19FN2. The van der Waals surface area contributed by atoms with Gasteiger partial charge in [-0.05, 0) is 38.9 Å². The molecule has 3 heteroatoms. The van der Waals surface area contributed by atoms with Crippen LogP contribution in [0, 0.1) is 5.92 Å². The Morgan fingerprint density at radius 1 is 1.31 bits per heavy atom. The summed E-state index contributed by atoms with van der Waals surface area (Å²) in [5.74, 6) is 0.850. The lowest BCUT2D eigenvalue weighted by Crippen LogP contribution is -2.47. The number of hydrogen-bond donors (Lipinski definition) is 0. The molecule has 2 nitrogen and oxygen atoms in total. The van der Waals surface area contributed by atoms with Crippen LogP contribution in [0.1, 0.15) is 12.8 Å². The van der Waals surface area contributed by atoms with Crippen LogP contribution < -0.4 is 0 Å². The van der Waals surface area contributed by atoms with E-state index in [4.69, 9.17) is 0 Å². The topological polar surface area (TPSA) is 6.48 Å². The smallest absolute Gasteiger partial charge is 0.102 e. The predicted octanol–water partition coefficient (Wildman–Crippen LogP) is 0.982. The zero-order valence-electron chi connectivity index (χ0n) is 8.38. The van der Waals surface area contributed by atoms with Crippen LogP contribution in [0.5, 0.6) is 0 Å². The molecule has 2 fully saturated rings. The fourth-order valence-corrected chi connectivity index (χ4v) is 2.77. The molecule has 0 aromatic rings. The van der Waals surface area contributed by atoms with E-state index in [1.165, 1.54) is 19.4 Å². The fourth-order valence-electron chi connectivity index (χ4n) is 2.77. The van der Waals surface area contributed by atoms with Crippen molar-refractivity contribution in [1.82, 2.24) is 9.80 Å². The average molecular weight is 186 g/mol. The third-order valence-corrected chi connectivity index (χ3v) is 3.55. The van der Waals surface area contributed by atoms with Crippen molar-refractivity contribution in [2.24, 2.45) is 5.92 Å². The van der Waals surface area contributed by atoms with Gasteiger partial charge in [-0.1, -0.05) is 0 Å². The lowest BCUT2D eigenvalue weighted by Gasteiger charge is -2.36. The zero-order valence-corrected chi connectivity index (χ0v) is 8.38. The van der Waals surface area contributed by atoms with Gasteiger partial charge in [0, 0.05) is 19.1 Å². The second kappa shape index (κ2) is 3.93. The summed E-state index contributed by atoms with van der Waals surface area (Å²) >= 11 is 0. The predicted molar refractivity (Wildman–Crippen MR) is 51.6 cm³/mol. The maximum Gasteiger partial charge on any atom is 0.102 e. The first-order valence-corrected chi connectivity index (χ1v) is 5.30. The van der Waals surface area contributed by atoms with Gasteiger partial charge >= 0.3 is 0 Å². The van der Waals surface area contributed by atoms with Crippen molar-refractivity contribution >= 4 is 0 Å². The second-order valence-electron chi connectivity index (χ2n) is 4.39. The lowest BCUT2D eigenvalue weighted by atomic mass is 9.92. The Morgan fingerprint density at radius 3 is 2.85 bits per heavy atom. The van der Waals surface area contributed by atoms with Crippen LogP contribution in [0.2, 0.25) is 0 Å². The number of fused-ring (bicyclic) bond motifs is 1. The first kappa shape index (κ1) is 9.41. The molecule has 0 saturated carbocycles. The van der Waals surface area contributed by atoms with Crippen LogP contribution in [0.4, 0.5) is 4.39 Å². The Bertz CT molecular complexity index is 174. The van der Waals surface area contributed by atoms with Crippen LogP contribution in [-0.4, -0.2) is 55.7 Å². The molecule has 0 aromatic heterocycles. The molecule has 2 aliphatic rings. The lowest BCUT2D eigenvalue weighted by molar-refractivity contribution is 0.118. The van der Waals surface area contributed by atoms with Crippen molar-refractivity contribution in [2.75, 3.05) is 39.9 Å². The summed E-state index contributed by atoms with van der Waals surface area (Å²) in [5.41, 5.74) is 0. The number of piperidine rings is 1. The quantitative estimate of drug-likeness (QED) is 0.634. The Hall–Kier alpha value is -0.150. The number of halogens is 1. The number of hydrogen-bond acceptors (Lipinski definition) is 2. The second-order valence-corrected chi connectivity index (χ2v) is 4.39. The Morgan fingerprint density at radius 2 is 2.08 bits per heavy atom. The molecule has 13 heavy (non-hydrogen) atoms. The molecule has 2 heterocycles. The molecule has 0 spiro atoms. The van der Waals surface area contributed by atoms with E-state index in [9.17, 15) is 4.39 Å². The van der Waals surface area contributed by atoms with Gasteiger partial charge < -0.3 is 4.90 Å². The van der Waals surface area contributed by atoms with Crippen molar-refractivity contribution in [2.45, 2.75) is 18.9 Å². The summed E-state index contributed by atoms with van der Waals surface area (Å²) in [6.07, 6.45) is 2.60. The van der Waals surface area contributed by atoms with Crippen molar-refractivity contribution in [3.63, 3.8) is 0 Å². The van der Waals surface area contributed by atoms with Gasteiger partial charge in [-0.3, -0.25) is 4.90 Å². The largest absolute Gasteiger partial charge is 0.305 e. The highest BCUT2D eigenvalue weighted by Gasteiger charge is 2.36. The summed E-state index contributed by atoms with van der Waals surface area (Å²) < 4.78 is 12.2. The van der Waals surface area contributed by atoms with E-state index in [0.717, 1.165) is 19.0 Å². The third-order valence-electron chi connectivity index (χ3n) is 3.55.